The number of nitrogens with two attached hydrogens (primary N) is 1. The van der Waals surface area contributed by atoms with Crippen molar-refractivity contribution in [2.45, 2.75) is 18.8 Å². The van der Waals surface area contributed by atoms with Gasteiger partial charge in [0.05, 0.1) is 0 Å². The average Bonchev–Trinajstić information content (AvgIpc) is 2.30. The maximum Gasteiger partial charge on any atom is 0.316 e. The second-order valence-electron chi connectivity index (χ2n) is 4.14. The zero-order valence-electron chi connectivity index (χ0n) is 9.20. The minimum Gasteiger partial charge on any atom is -0.351 e. The van der Waals surface area contributed by atoms with E-state index >= 15 is 0 Å². The van der Waals surface area contributed by atoms with E-state index in [9.17, 15) is 4.79 Å². The smallest absolute Gasteiger partial charge is 0.316 e. The van der Waals surface area contributed by atoms with Crippen LogP contribution in [0.4, 0.5) is 10.5 Å². The lowest BCUT2D eigenvalue weighted by atomic mass is 9.90. The first kappa shape index (κ1) is 11.0. The summed E-state index contributed by atoms with van der Waals surface area (Å²) >= 11 is 0. The molecule has 0 spiro atoms. The minimum atomic E-state index is -0.519. The Hall–Kier alpha value is -1.55. The summed E-state index contributed by atoms with van der Waals surface area (Å²) in [5, 5.41) is 5.91. The van der Waals surface area contributed by atoms with Gasteiger partial charge < -0.3 is 16.4 Å². The van der Waals surface area contributed by atoms with E-state index in [1.807, 2.05) is 12.1 Å². The van der Waals surface area contributed by atoms with E-state index in [4.69, 9.17) is 5.73 Å². The van der Waals surface area contributed by atoms with Gasteiger partial charge in [-0.2, -0.15) is 0 Å². The summed E-state index contributed by atoms with van der Waals surface area (Å²) in [4.78, 5) is 10.7. The van der Waals surface area contributed by atoms with Crippen molar-refractivity contribution < 1.29 is 4.79 Å². The van der Waals surface area contributed by atoms with Crippen molar-refractivity contribution in [3.63, 3.8) is 0 Å². The number of piperidine rings is 1. The molecular weight excluding hydrogens is 202 g/mol. The van der Waals surface area contributed by atoms with Crippen LogP contribution in [0, 0.1) is 0 Å². The molecule has 1 aliphatic rings. The number of benzene rings is 1. The molecule has 0 aromatic heterocycles. The molecule has 0 atom stereocenters. The molecule has 1 aromatic carbocycles. The van der Waals surface area contributed by atoms with Gasteiger partial charge in [-0.1, -0.05) is 12.1 Å². The van der Waals surface area contributed by atoms with Gasteiger partial charge >= 0.3 is 6.03 Å². The fourth-order valence-electron chi connectivity index (χ4n) is 2.14. The second kappa shape index (κ2) is 4.99. The molecule has 86 valence electrons. The number of carbonyl (C=O) groups excluding carboxylic acids is 1. The number of primary amides is 1. The molecule has 4 heteroatoms. The highest BCUT2D eigenvalue weighted by molar-refractivity contribution is 5.87. The predicted molar refractivity (Wildman–Crippen MR) is 64.5 cm³/mol. The highest BCUT2D eigenvalue weighted by atomic mass is 16.2. The van der Waals surface area contributed by atoms with E-state index in [2.05, 4.69) is 22.8 Å². The maximum absolute atomic E-state index is 10.7. The lowest BCUT2D eigenvalue weighted by molar-refractivity contribution is 0.259. The first-order valence-electron chi connectivity index (χ1n) is 5.63. The summed E-state index contributed by atoms with van der Waals surface area (Å²) in [6, 6.07) is 7.43. The number of carbonyl (C=O) groups is 1. The molecule has 2 rings (SSSR count). The van der Waals surface area contributed by atoms with E-state index in [-0.39, 0.29) is 0 Å². The Bertz CT molecular complexity index is 355. The lowest BCUT2D eigenvalue weighted by Crippen LogP contribution is -2.26. The van der Waals surface area contributed by atoms with Gasteiger partial charge in [-0.3, -0.25) is 0 Å². The molecule has 4 N–H and O–H groups in total. The normalized spacial score (nSPS) is 17.0. The first-order valence-corrected chi connectivity index (χ1v) is 5.63. The minimum absolute atomic E-state index is 0.519. The van der Waals surface area contributed by atoms with Gasteiger partial charge in [-0.15, -0.1) is 0 Å². The van der Waals surface area contributed by atoms with Crippen LogP contribution in [0.25, 0.3) is 0 Å². The molecule has 2 amide bonds. The fraction of sp³-hybridized carbons (Fsp3) is 0.417. The average molecular weight is 219 g/mol. The third-order valence-corrected chi connectivity index (χ3v) is 2.99. The zero-order valence-corrected chi connectivity index (χ0v) is 9.20. The molecule has 0 aliphatic carbocycles. The molecule has 0 unspecified atom stereocenters. The van der Waals surface area contributed by atoms with Gasteiger partial charge in [0.15, 0.2) is 0 Å². The highest BCUT2D eigenvalue weighted by Gasteiger charge is 2.14. The van der Waals surface area contributed by atoms with Crippen molar-refractivity contribution in [1.82, 2.24) is 5.32 Å². The Labute approximate surface area is 95.2 Å². The van der Waals surface area contributed by atoms with Gasteiger partial charge in [0, 0.05) is 5.69 Å². The monoisotopic (exact) mass is 219 g/mol. The van der Waals surface area contributed by atoms with Crippen molar-refractivity contribution in [2.24, 2.45) is 5.73 Å². The number of amides is 2. The van der Waals surface area contributed by atoms with Gasteiger partial charge in [0.1, 0.15) is 0 Å². The van der Waals surface area contributed by atoms with Crippen LogP contribution in [0.5, 0.6) is 0 Å². The Kier molecular flexibility index (Phi) is 3.41. The topological polar surface area (TPSA) is 67.2 Å². The van der Waals surface area contributed by atoms with Crippen LogP contribution in [0.15, 0.2) is 24.3 Å². The van der Waals surface area contributed by atoms with Gasteiger partial charge in [-0.25, -0.2) is 4.79 Å². The van der Waals surface area contributed by atoms with Crippen LogP contribution in [-0.4, -0.2) is 19.1 Å². The van der Waals surface area contributed by atoms with Gasteiger partial charge in [-0.05, 0) is 49.5 Å². The molecule has 1 fully saturated rings. The number of hydrogen-bond donors (Lipinski definition) is 3. The van der Waals surface area contributed by atoms with Crippen LogP contribution in [0.2, 0.25) is 0 Å². The highest BCUT2D eigenvalue weighted by Crippen LogP contribution is 2.25. The number of rotatable bonds is 2. The predicted octanol–water partition coefficient (Wildman–Crippen LogP) is 1.64. The van der Waals surface area contributed by atoms with E-state index in [1.165, 1.54) is 18.4 Å². The zero-order chi connectivity index (χ0) is 11.4. The molecular formula is C12H17N3O. The molecule has 0 radical (unpaired) electrons. The summed E-state index contributed by atoms with van der Waals surface area (Å²) in [6.07, 6.45) is 2.37. The molecule has 0 saturated carbocycles. The molecule has 1 heterocycles. The van der Waals surface area contributed by atoms with E-state index in [0.29, 0.717) is 5.92 Å². The molecule has 16 heavy (non-hydrogen) atoms. The standard InChI is InChI=1S/C12H17N3O/c13-12(16)15-11-3-1-9(2-4-11)10-5-7-14-8-6-10/h1-4,10,14H,5-8H2,(H3,13,15,16). The largest absolute Gasteiger partial charge is 0.351 e. The fourth-order valence-corrected chi connectivity index (χ4v) is 2.14. The summed E-state index contributed by atoms with van der Waals surface area (Å²) in [7, 11) is 0. The Morgan fingerprint density at radius 3 is 2.44 bits per heavy atom. The first-order chi connectivity index (χ1) is 7.75. The Morgan fingerprint density at radius 1 is 1.25 bits per heavy atom. The van der Waals surface area contributed by atoms with Crippen LogP contribution in [-0.2, 0) is 0 Å². The summed E-state index contributed by atoms with van der Waals surface area (Å²) in [5.41, 5.74) is 7.15. The maximum atomic E-state index is 10.7. The third-order valence-electron chi connectivity index (χ3n) is 2.99. The molecule has 0 bridgehead atoms. The van der Waals surface area contributed by atoms with Crippen LogP contribution in [0.1, 0.15) is 24.3 Å². The SMILES string of the molecule is NC(=O)Nc1ccc(C2CCNCC2)cc1. The van der Waals surface area contributed by atoms with E-state index in [0.717, 1.165) is 18.8 Å². The van der Waals surface area contributed by atoms with Crippen molar-refractivity contribution in [1.29, 1.82) is 0 Å². The Balaban J connectivity index is 2.03. The second-order valence-corrected chi connectivity index (χ2v) is 4.14. The van der Waals surface area contributed by atoms with Crippen molar-refractivity contribution in [3.05, 3.63) is 29.8 Å². The molecule has 1 saturated heterocycles. The number of anilines is 1. The van der Waals surface area contributed by atoms with E-state index < -0.39 is 6.03 Å². The van der Waals surface area contributed by atoms with Crippen LogP contribution < -0.4 is 16.4 Å². The van der Waals surface area contributed by atoms with Crippen LogP contribution in [0.3, 0.4) is 0 Å². The summed E-state index contributed by atoms with van der Waals surface area (Å²) in [5.74, 6) is 0.642. The van der Waals surface area contributed by atoms with Crippen molar-refractivity contribution in [2.75, 3.05) is 18.4 Å². The van der Waals surface area contributed by atoms with Crippen molar-refractivity contribution >= 4 is 11.7 Å². The number of urea groups is 1. The van der Waals surface area contributed by atoms with Crippen LogP contribution >= 0.6 is 0 Å². The molecule has 4 nitrogen and oxygen atoms in total. The summed E-state index contributed by atoms with van der Waals surface area (Å²) in [6.45, 7) is 2.18. The third kappa shape index (κ3) is 2.73. The lowest BCUT2D eigenvalue weighted by Gasteiger charge is -2.23. The Morgan fingerprint density at radius 2 is 1.88 bits per heavy atom. The van der Waals surface area contributed by atoms with Crippen molar-refractivity contribution in [3.8, 4) is 0 Å². The van der Waals surface area contributed by atoms with Gasteiger partial charge in [0.25, 0.3) is 0 Å². The van der Waals surface area contributed by atoms with E-state index in [1.54, 1.807) is 0 Å². The quantitative estimate of drug-likeness (QED) is 0.708. The number of hydrogen-bond acceptors (Lipinski definition) is 2. The molecule has 1 aliphatic heterocycles. The van der Waals surface area contributed by atoms with Gasteiger partial charge in [0.2, 0.25) is 0 Å². The summed E-state index contributed by atoms with van der Waals surface area (Å²) < 4.78 is 0. The molecule has 1 aromatic rings. The number of nitrogens with one attached hydrogen (secondary N) is 2.